The second kappa shape index (κ2) is 4.47. The Kier molecular flexibility index (Phi) is 3.00. The van der Waals surface area contributed by atoms with Crippen LogP contribution in [-0.4, -0.2) is 41.6 Å². The number of methoxy groups -OCH3 is 1. The monoisotopic (exact) mass is 254 g/mol. The van der Waals surface area contributed by atoms with Gasteiger partial charge in [0.15, 0.2) is 0 Å². The molecule has 1 amide bonds. The number of aromatic nitrogens is 1. The summed E-state index contributed by atoms with van der Waals surface area (Å²) in [5, 5.41) is 8.67. The van der Waals surface area contributed by atoms with Gasteiger partial charge in [0.05, 0.1) is 19.2 Å². The van der Waals surface area contributed by atoms with Gasteiger partial charge in [-0.1, -0.05) is 0 Å². The number of carbonyl (C=O) groups is 3. The SMILES string of the molecule is COC(=O)C1CC(=O)N(c2ncc(C(=O)O)o2)C1. The molecule has 2 rings (SSSR count). The van der Waals surface area contributed by atoms with Crippen LogP contribution < -0.4 is 4.90 Å². The van der Waals surface area contributed by atoms with Gasteiger partial charge in [-0.3, -0.25) is 14.5 Å². The van der Waals surface area contributed by atoms with Gasteiger partial charge in [-0.2, -0.15) is 0 Å². The van der Waals surface area contributed by atoms with E-state index in [1.54, 1.807) is 0 Å². The smallest absolute Gasteiger partial charge is 0.373 e. The molecule has 1 aromatic heterocycles. The molecule has 0 radical (unpaired) electrons. The number of carboxylic acid groups (broad SMARTS) is 1. The Labute approximate surface area is 101 Å². The molecule has 8 nitrogen and oxygen atoms in total. The maximum absolute atomic E-state index is 11.7. The van der Waals surface area contributed by atoms with Crippen LogP contribution in [0.3, 0.4) is 0 Å². The summed E-state index contributed by atoms with van der Waals surface area (Å²) < 4.78 is 9.45. The molecule has 0 aromatic carbocycles. The molecule has 8 heteroatoms. The molecular weight excluding hydrogens is 244 g/mol. The van der Waals surface area contributed by atoms with Gasteiger partial charge in [0.2, 0.25) is 11.7 Å². The zero-order valence-electron chi connectivity index (χ0n) is 9.45. The van der Waals surface area contributed by atoms with Crippen molar-refractivity contribution in [3.63, 3.8) is 0 Å². The summed E-state index contributed by atoms with van der Waals surface area (Å²) in [6.45, 7) is 0.0745. The molecule has 1 N–H and O–H groups in total. The third-order valence-electron chi connectivity index (χ3n) is 2.59. The third-order valence-corrected chi connectivity index (χ3v) is 2.59. The number of hydrogen-bond donors (Lipinski definition) is 1. The largest absolute Gasteiger partial charge is 0.475 e. The van der Waals surface area contributed by atoms with Crippen LogP contribution in [0.25, 0.3) is 0 Å². The molecule has 1 saturated heterocycles. The highest BCUT2D eigenvalue weighted by atomic mass is 16.5. The molecule has 1 unspecified atom stereocenters. The van der Waals surface area contributed by atoms with Gasteiger partial charge in [-0.15, -0.1) is 0 Å². The fraction of sp³-hybridized carbons (Fsp3) is 0.400. The fourth-order valence-electron chi connectivity index (χ4n) is 1.71. The van der Waals surface area contributed by atoms with Crippen molar-refractivity contribution < 1.29 is 28.6 Å². The van der Waals surface area contributed by atoms with Gasteiger partial charge in [-0.25, -0.2) is 9.78 Å². The lowest BCUT2D eigenvalue weighted by atomic mass is 10.1. The number of aromatic carboxylic acids is 1. The van der Waals surface area contributed by atoms with E-state index in [2.05, 4.69) is 9.72 Å². The number of rotatable bonds is 3. The summed E-state index contributed by atoms with van der Waals surface area (Å²) in [5.74, 6) is -3.06. The first kappa shape index (κ1) is 12.1. The molecule has 0 saturated carbocycles. The molecule has 0 aliphatic carbocycles. The first-order chi connectivity index (χ1) is 8.52. The summed E-state index contributed by atoms with van der Waals surface area (Å²) in [5.41, 5.74) is 0. The number of amides is 1. The predicted molar refractivity (Wildman–Crippen MR) is 55.9 cm³/mol. The molecule has 18 heavy (non-hydrogen) atoms. The zero-order chi connectivity index (χ0) is 13.3. The Hall–Kier alpha value is -2.38. The molecule has 0 bridgehead atoms. The Balaban J connectivity index is 2.16. The Morgan fingerprint density at radius 2 is 2.33 bits per heavy atom. The average molecular weight is 254 g/mol. The van der Waals surface area contributed by atoms with Crippen LogP contribution in [0, 0.1) is 5.92 Å². The summed E-state index contributed by atoms with van der Waals surface area (Å²) in [6.07, 6.45) is 1.01. The maximum atomic E-state index is 11.7. The Bertz CT molecular complexity index is 508. The summed E-state index contributed by atoms with van der Waals surface area (Å²) in [7, 11) is 1.24. The predicted octanol–water partition coefficient (Wildman–Crippen LogP) is -0.101. The fourth-order valence-corrected chi connectivity index (χ4v) is 1.71. The van der Waals surface area contributed by atoms with Crippen LogP contribution in [0.4, 0.5) is 6.01 Å². The van der Waals surface area contributed by atoms with E-state index in [1.807, 2.05) is 0 Å². The minimum Gasteiger partial charge on any atom is -0.475 e. The number of hydrogen-bond acceptors (Lipinski definition) is 6. The summed E-state index contributed by atoms with van der Waals surface area (Å²) in [6, 6.07) is -0.121. The molecule has 1 aliphatic heterocycles. The lowest BCUT2D eigenvalue weighted by Gasteiger charge is -2.10. The molecule has 96 valence electrons. The van der Waals surface area contributed by atoms with Crippen LogP contribution in [0.5, 0.6) is 0 Å². The highest BCUT2D eigenvalue weighted by Gasteiger charge is 2.38. The van der Waals surface area contributed by atoms with Crippen molar-refractivity contribution >= 4 is 23.9 Å². The number of esters is 1. The van der Waals surface area contributed by atoms with E-state index >= 15 is 0 Å². The van der Waals surface area contributed by atoms with Gasteiger partial charge in [0.25, 0.3) is 0 Å². The normalized spacial score (nSPS) is 19.1. The van der Waals surface area contributed by atoms with E-state index in [1.165, 1.54) is 7.11 Å². The summed E-state index contributed by atoms with van der Waals surface area (Å²) >= 11 is 0. The number of carbonyl (C=O) groups excluding carboxylic acids is 2. The zero-order valence-corrected chi connectivity index (χ0v) is 9.45. The molecule has 1 fully saturated rings. The van der Waals surface area contributed by atoms with Crippen molar-refractivity contribution in [3.05, 3.63) is 12.0 Å². The van der Waals surface area contributed by atoms with Crippen molar-refractivity contribution in [1.29, 1.82) is 0 Å². The van der Waals surface area contributed by atoms with E-state index in [4.69, 9.17) is 9.52 Å². The van der Waals surface area contributed by atoms with Gasteiger partial charge in [0.1, 0.15) is 0 Å². The summed E-state index contributed by atoms with van der Waals surface area (Å²) in [4.78, 5) is 38.4. The van der Waals surface area contributed by atoms with Crippen molar-refractivity contribution in [1.82, 2.24) is 4.98 Å². The van der Waals surface area contributed by atoms with Gasteiger partial charge in [-0.05, 0) is 0 Å². The molecule has 0 spiro atoms. The molecule has 1 atom stereocenters. The topological polar surface area (TPSA) is 110 Å². The quantitative estimate of drug-likeness (QED) is 0.749. The third kappa shape index (κ3) is 2.04. The highest BCUT2D eigenvalue weighted by Crippen LogP contribution is 2.25. The van der Waals surface area contributed by atoms with Crippen LogP contribution in [0.1, 0.15) is 17.0 Å². The first-order valence-corrected chi connectivity index (χ1v) is 5.10. The highest BCUT2D eigenvalue weighted by molar-refractivity contribution is 5.98. The van der Waals surface area contributed by atoms with Crippen molar-refractivity contribution in [2.75, 3.05) is 18.6 Å². The molecule has 1 aromatic rings. The number of ether oxygens (including phenoxy) is 1. The van der Waals surface area contributed by atoms with Crippen LogP contribution >= 0.6 is 0 Å². The average Bonchev–Trinajstić information content (AvgIpc) is 2.94. The van der Waals surface area contributed by atoms with Crippen molar-refractivity contribution in [2.45, 2.75) is 6.42 Å². The number of anilines is 1. The van der Waals surface area contributed by atoms with E-state index < -0.39 is 17.9 Å². The molecule has 1 aliphatic rings. The van der Waals surface area contributed by atoms with E-state index in [-0.39, 0.29) is 30.6 Å². The Morgan fingerprint density at radius 1 is 1.61 bits per heavy atom. The Morgan fingerprint density at radius 3 is 2.89 bits per heavy atom. The lowest BCUT2D eigenvalue weighted by molar-refractivity contribution is -0.145. The second-order valence-electron chi connectivity index (χ2n) is 3.74. The maximum Gasteiger partial charge on any atom is 0.373 e. The van der Waals surface area contributed by atoms with Crippen LogP contribution in [-0.2, 0) is 14.3 Å². The van der Waals surface area contributed by atoms with Crippen LogP contribution in [0.15, 0.2) is 10.6 Å². The second-order valence-corrected chi connectivity index (χ2v) is 3.74. The van der Waals surface area contributed by atoms with Crippen molar-refractivity contribution in [3.8, 4) is 0 Å². The van der Waals surface area contributed by atoms with Gasteiger partial charge < -0.3 is 14.3 Å². The van der Waals surface area contributed by atoms with E-state index in [0.717, 1.165) is 11.1 Å². The lowest BCUT2D eigenvalue weighted by Crippen LogP contribution is -2.26. The first-order valence-electron chi connectivity index (χ1n) is 5.10. The minimum absolute atomic E-state index is 0.00252. The number of oxazole rings is 1. The standard InChI is InChI=1S/C10H10N2O6/c1-17-9(16)5-2-7(13)12(4-5)10-11-3-6(18-10)8(14)15/h3,5H,2,4H2,1H3,(H,14,15). The minimum atomic E-state index is -1.27. The van der Waals surface area contributed by atoms with Gasteiger partial charge in [0, 0.05) is 13.0 Å². The van der Waals surface area contributed by atoms with Crippen LogP contribution in [0.2, 0.25) is 0 Å². The number of carboxylic acids is 1. The molecule has 2 heterocycles. The van der Waals surface area contributed by atoms with Crippen molar-refractivity contribution in [2.24, 2.45) is 5.92 Å². The van der Waals surface area contributed by atoms with E-state index in [0.29, 0.717) is 0 Å². The molecular formula is C10H10N2O6. The van der Waals surface area contributed by atoms with Gasteiger partial charge >= 0.3 is 18.0 Å². The van der Waals surface area contributed by atoms with E-state index in [9.17, 15) is 14.4 Å². The number of nitrogens with zero attached hydrogens (tertiary/aromatic N) is 2.